The number of nitrogens with zero attached hydrogens (tertiary/aromatic N) is 1. The highest BCUT2D eigenvalue weighted by molar-refractivity contribution is 6.33. The molecule has 0 spiro atoms. The number of hydrogen-bond donors (Lipinski definition) is 0. The first-order valence-corrected chi connectivity index (χ1v) is 7.80. The summed E-state index contributed by atoms with van der Waals surface area (Å²) in [6.07, 6.45) is 4.49. The van der Waals surface area contributed by atoms with Gasteiger partial charge in [0.15, 0.2) is 6.29 Å². The van der Waals surface area contributed by atoms with Gasteiger partial charge in [0.2, 0.25) is 0 Å². The summed E-state index contributed by atoms with van der Waals surface area (Å²) in [7, 11) is 0. The summed E-state index contributed by atoms with van der Waals surface area (Å²) >= 11 is 6.13. The van der Waals surface area contributed by atoms with Crippen LogP contribution in [0.1, 0.15) is 50.4 Å². The van der Waals surface area contributed by atoms with Crippen molar-refractivity contribution < 1.29 is 4.79 Å². The lowest BCUT2D eigenvalue weighted by Crippen LogP contribution is -2.27. The van der Waals surface area contributed by atoms with Gasteiger partial charge in [0.25, 0.3) is 0 Å². The fourth-order valence-electron chi connectivity index (χ4n) is 3.12. The van der Waals surface area contributed by atoms with Crippen LogP contribution in [0.3, 0.4) is 0 Å². The Kier molecular flexibility index (Phi) is 4.74. The van der Waals surface area contributed by atoms with Crippen molar-refractivity contribution in [2.24, 2.45) is 11.3 Å². The Labute approximate surface area is 127 Å². The van der Waals surface area contributed by atoms with E-state index in [1.54, 1.807) is 6.07 Å². The van der Waals surface area contributed by atoms with E-state index in [0.717, 1.165) is 31.0 Å². The summed E-state index contributed by atoms with van der Waals surface area (Å²) in [5.41, 5.74) is 1.98. The molecule has 1 aromatic carbocycles. The number of carbonyl (C=O) groups excluding carboxylic acids is 1. The maximum Gasteiger partial charge on any atom is 0.153 e. The maximum atomic E-state index is 11.3. The molecule has 0 N–H and O–H groups in total. The van der Waals surface area contributed by atoms with Crippen LogP contribution in [0.25, 0.3) is 0 Å². The fraction of sp³-hybridized carbons (Fsp3) is 0.588. The molecule has 2 rings (SSSR count). The molecule has 2 nitrogen and oxygen atoms in total. The largest absolute Gasteiger partial charge is 0.371 e. The third-order valence-electron chi connectivity index (χ3n) is 4.44. The van der Waals surface area contributed by atoms with Gasteiger partial charge in [-0.25, -0.2) is 0 Å². The van der Waals surface area contributed by atoms with Crippen molar-refractivity contribution in [2.75, 3.05) is 18.0 Å². The standard InChI is InChI=1S/C17H24ClNO/c1-17(2,3)13-6-5-10-19(11-9-13)16-8-4-7-15(18)14(16)12-20/h4,7-8,12-13H,5-6,9-11H2,1-3H3. The van der Waals surface area contributed by atoms with Crippen molar-refractivity contribution in [3.8, 4) is 0 Å². The van der Waals surface area contributed by atoms with Crippen LogP contribution in [-0.2, 0) is 0 Å². The van der Waals surface area contributed by atoms with Gasteiger partial charge >= 0.3 is 0 Å². The molecule has 20 heavy (non-hydrogen) atoms. The Morgan fingerprint density at radius 2 is 2.00 bits per heavy atom. The number of benzene rings is 1. The number of hydrogen-bond acceptors (Lipinski definition) is 2. The third-order valence-corrected chi connectivity index (χ3v) is 4.77. The van der Waals surface area contributed by atoms with Gasteiger partial charge in [0, 0.05) is 18.8 Å². The minimum atomic E-state index is 0.359. The smallest absolute Gasteiger partial charge is 0.153 e. The van der Waals surface area contributed by atoms with E-state index in [4.69, 9.17) is 11.6 Å². The van der Waals surface area contributed by atoms with Gasteiger partial charge in [-0.3, -0.25) is 4.79 Å². The average molecular weight is 294 g/mol. The highest BCUT2D eigenvalue weighted by Gasteiger charge is 2.27. The molecular weight excluding hydrogens is 270 g/mol. The SMILES string of the molecule is CC(C)(C)C1CCCN(c2cccc(Cl)c2C=O)CC1. The molecule has 1 unspecified atom stereocenters. The normalized spacial score (nSPS) is 20.6. The van der Waals surface area contributed by atoms with E-state index in [2.05, 4.69) is 25.7 Å². The number of aldehydes is 1. The van der Waals surface area contributed by atoms with E-state index < -0.39 is 0 Å². The van der Waals surface area contributed by atoms with E-state index in [0.29, 0.717) is 16.0 Å². The lowest BCUT2D eigenvalue weighted by Gasteiger charge is -2.30. The Morgan fingerprint density at radius 3 is 2.65 bits per heavy atom. The molecule has 1 aliphatic heterocycles. The second-order valence-corrected chi connectivity index (χ2v) is 7.18. The van der Waals surface area contributed by atoms with Crippen molar-refractivity contribution in [1.29, 1.82) is 0 Å². The zero-order valence-corrected chi connectivity index (χ0v) is 13.4. The minimum Gasteiger partial charge on any atom is -0.371 e. The van der Waals surface area contributed by atoms with Gasteiger partial charge in [-0.2, -0.15) is 0 Å². The molecule has 1 fully saturated rings. The van der Waals surface area contributed by atoms with Gasteiger partial charge in [0.05, 0.1) is 10.6 Å². The number of carbonyl (C=O) groups is 1. The number of anilines is 1. The van der Waals surface area contributed by atoms with Crippen LogP contribution in [0, 0.1) is 11.3 Å². The molecule has 0 saturated carbocycles. The van der Waals surface area contributed by atoms with E-state index in [-0.39, 0.29) is 0 Å². The van der Waals surface area contributed by atoms with Crippen LogP contribution in [0.4, 0.5) is 5.69 Å². The Hall–Kier alpha value is -1.02. The van der Waals surface area contributed by atoms with Crippen molar-refractivity contribution >= 4 is 23.6 Å². The Balaban J connectivity index is 2.19. The first-order chi connectivity index (χ1) is 9.43. The summed E-state index contributed by atoms with van der Waals surface area (Å²) < 4.78 is 0. The molecule has 3 heteroatoms. The van der Waals surface area contributed by atoms with E-state index in [1.807, 2.05) is 12.1 Å². The molecule has 0 radical (unpaired) electrons. The molecule has 0 aromatic heterocycles. The molecule has 1 heterocycles. The zero-order valence-electron chi connectivity index (χ0n) is 12.7. The van der Waals surface area contributed by atoms with Crippen LogP contribution in [0.5, 0.6) is 0 Å². The van der Waals surface area contributed by atoms with Crippen LogP contribution >= 0.6 is 11.6 Å². The van der Waals surface area contributed by atoms with Crippen molar-refractivity contribution in [3.63, 3.8) is 0 Å². The van der Waals surface area contributed by atoms with Gasteiger partial charge in [-0.1, -0.05) is 38.4 Å². The van der Waals surface area contributed by atoms with Crippen molar-refractivity contribution in [2.45, 2.75) is 40.0 Å². The van der Waals surface area contributed by atoms with E-state index in [9.17, 15) is 4.79 Å². The fourth-order valence-corrected chi connectivity index (χ4v) is 3.34. The first kappa shape index (κ1) is 15.4. The molecule has 1 atom stereocenters. The second kappa shape index (κ2) is 6.17. The lowest BCUT2D eigenvalue weighted by atomic mass is 9.77. The lowest BCUT2D eigenvalue weighted by molar-refractivity contribution is 0.112. The quantitative estimate of drug-likeness (QED) is 0.730. The zero-order chi connectivity index (χ0) is 14.8. The predicted octanol–water partition coefficient (Wildman–Crippen LogP) is 4.81. The van der Waals surface area contributed by atoms with Crippen LogP contribution in [0.2, 0.25) is 5.02 Å². The molecule has 1 saturated heterocycles. The summed E-state index contributed by atoms with van der Waals surface area (Å²) in [4.78, 5) is 13.6. The summed E-state index contributed by atoms with van der Waals surface area (Å²) in [5, 5.41) is 0.550. The highest BCUT2D eigenvalue weighted by atomic mass is 35.5. The molecule has 110 valence electrons. The van der Waals surface area contributed by atoms with Gasteiger partial charge < -0.3 is 4.90 Å². The molecular formula is C17H24ClNO. The van der Waals surface area contributed by atoms with Gasteiger partial charge in [-0.15, -0.1) is 0 Å². The summed E-state index contributed by atoms with van der Waals surface area (Å²) in [6, 6.07) is 5.72. The van der Waals surface area contributed by atoms with Crippen LogP contribution in [-0.4, -0.2) is 19.4 Å². The van der Waals surface area contributed by atoms with Crippen LogP contribution < -0.4 is 4.90 Å². The van der Waals surface area contributed by atoms with Crippen molar-refractivity contribution in [1.82, 2.24) is 0 Å². The average Bonchev–Trinajstić information content (AvgIpc) is 2.63. The summed E-state index contributed by atoms with van der Waals surface area (Å²) in [5.74, 6) is 0.742. The van der Waals surface area contributed by atoms with E-state index in [1.165, 1.54) is 19.3 Å². The monoisotopic (exact) mass is 293 g/mol. The molecule has 0 amide bonds. The topological polar surface area (TPSA) is 20.3 Å². The van der Waals surface area contributed by atoms with Crippen LogP contribution in [0.15, 0.2) is 18.2 Å². The summed E-state index contributed by atoms with van der Waals surface area (Å²) in [6.45, 7) is 8.98. The van der Waals surface area contributed by atoms with E-state index >= 15 is 0 Å². The first-order valence-electron chi connectivity index (χ1n) is 7.42. The van der Waals surface area contributed by atoms with Gasteiger partial charge in [0.1, 0.15) is 0 Å². The molecule has 0 bridgehead atoms. The number of halogens is 1. The van der Waals surface area contributed by atoms with Crippen molar-refractivity contribution in [3.05, 3.63) is 28.8 Å². The second-order valence-electron chi connectivity index (χ2n) is 6.77. The Bertz CT molecular complexity index is 478. The number of rotatable bonds is 2. The Morgan fingerprint density at radius 1 is 1.25 bits per heavy atom. The maximum absolute atomic E-state index is 11.3. The van der Waals surface area contributed by atoms with Gasteiger partial charge in [-0.05, 0) is 42.7 Å². The third kappa shape index (κ3) is 3.35. The molecule has 1 aliphatic rings. The highest BCUT2D eigenvalue weighted by Crippen LogP contribution is 2.36. The molecule has 0 aliphatic carbocycles. The molecule has 1 aromatic rings. The minimum absolute atomic E-state index is 0.359. The predicted molar refractivity (Wildman–Crippen MR) is 85.8 cm³/mol.